The summed E-state index contributed by atoms with van der Waals surface area (Å²) < 4.78 is 13.2. The number of fused-ring (bicyclic) bond motifs is 1. The van der Waals surface area contributed by atoms with Gasteiger partial charge in [-0.2, -0.15) is 0 Å². The number of anilines is 1. The van der Waals surface area contributed by atoms with Crippen molar-refractivity contribution in [1.29, 1.82) is 0 Å². The van der Waals surface area contributed by atoms with E-state index in [0.29, 0.717) is 11.3 Å². The normalized spacial score (nSPS) is 24.9. The van der Waals surface area contributed by atoms with Crippen LogP contribution in [-0.4, -0.2) is 30.9 Å². The first-order valence-corrected chi connectivity index (χ1v) is 6.74. The molecular formula is C14H16FN3O2. The van der Waals surface area contributed by atoms with E-state index in [9.17, 15) is 14.0 Å². The lowest BCUT2D eigenvalue weighted by Crippen LogP contribution is -2.41. The quantitative estimate of drug-likeness (QED) is 0.746. The first-order chi connectivity index (χ1) is 9.63. The van der Waals surface area contributed by atoms with Crippen LogP contribution in [0.1, 0.15) is 24.3 Å². The summed E-state index contributed by atoms with van der Waals surface area (Å²) in [4.78, 5) is 24.0. The van der Waals surface area contributed by atoms with E-state index in [4.69, 9.17) is 0 Å². The molecule has 1 fully saturated rings. The van der Waals surface area contributed by atoms with Crippen molar-refractivity contribution in [1.82, 2.24) is 10.6 Å². The molecule has 0 radical (unpaired) electrons. The van der Waals surface area contributed by atoms with Crippen LogP contribution < -0.4 is 16.0 Å². The maximum absolute atomic E-state index is 13.2. The highest BCUT2D eigenvalue weighted by Gasteiger charge is 2.32. The third-order valence-electron chi connectivity index (χ3n) is 3.78. The fraction of sp³-hybridized carbons (Fsp3) is 0.429. The average molecular weight is 277 g/mol. The Labute approximate surface area is 115 Å². The molecule has 0 aliphatic carbocycles. The summed E-state index contributed by atoms with van der Waals surface area (Å²) in [7, 11) is 0. The van der Waals surface area contributed by atoms with Gasteiger partial charge in [0.05, 0.1) is 5.92 Å². The van der Waals surface area contributed by atoms with E-state index < -0.39 is 11.7 Å². The van der Waals surface area contributed by atoms with Crippen molar-refractivity contribution >= 4 is 17.5 Å². The predicted molar refractivity (Wildman–Crippen MR) is 71.8 cm³/mol. The molecular weight excluding hydrogens is 261 g/mol. The molecule has 2 unspecified atom stereocenters. The van der Waals surface area contributed by atoms with Crippen LogP contribution in [0.15, 0.2) is 18.2 Å². The van der Waals surface area contributed by atoms with Crippen LogP contribution in [0, 0.1) is 5.82 Å². The number of halogens is 1. The lowest BCUT2D eigenvalue weighted by molar-refractivity contribution is -0.126. The van der Waals surface area contributed by atoms with E-state index in [-0.39, 0.29) is 24.3 Å². The molecule has 1 aromatic carbocycles. The second kappa shape index (κ2) is 5.20. The fourth-order valence-electron chi connectivity index (χ4n) is 2.75. The molecule has 6 heteroatoms. The Hall–Kier alpha value is -1.95. The summed E-state index contributed by atoms with van der Waals surface area (Å²) in [6.07, 6.45) is 0.992. The molecule has 3 rings (SSSR count). The van der Waals surface area contributed by atoms with Crippen LogP contribution in [0.4, 0.5) is 10.1 Å². The Morgan fingerprint density at radius 1 is 1.40 bits per heavy atom. The van der Waals surface area contributed by atoms with Crippen molar-refractivity contribution < 1.29 is 14.0 Å². The number of hydrogen-bond acceptors (Lipinski definition) is 3. The molecule has 2 atom stereocenters. The van der Waals surface area contributed by atoms with Gasteiger partial charge >= 0.3 is 0 Å². The largest absolute Gasteiger partial charge is 0.351 e. The second-order valence-electron chi connectivity index (χ2n) is 5.23. The van der Waals surface area contributed by atoms with E-state index in [1.54, 1.807) is 6.07 Å². The number of amides is 2. The Kier molecular flexibility index (Phi) is 3.40. The van der Waals surface area contributed by atoms with Gasteiger partial charge in [0.25, 0.3) is 0 Å². The van der Waals surface area contributed by atoms with Gasteiger partial charge < -0.3 is 16.0 Å². The first kappa shape index (κ1) is 13.1. The molecule has 0 spiro atoms. The Bertz CT molecular complexity index is 555. The summed E-state index contributed by atoms with van der Waals surface area (Å²) in [5.41, 5.74) is 1.07. The van der Waals surface area contributed by atoms with Gasteiger partial charge in [-0.1, -0.05) is 6.07 Å². The summed E-state index contributed by atoms with van der Waals surface area (Å²) in [6.45, 7) is 1.64. The van der Waals surface area contributed by atoms with Crippen LogP contribution in [0.3, 0.4) is 0 Å². The lowest BCUT2D eigenvalue weighted by Gasteiger charge is -2.26. The summed E-state index contributed by atoms with van der Waals surface area (Å²) in [5, 5.41) is 8.73. The van der Waals surface area contributed by atoms with Gasteiger partial charge in [0.2, 0.25) is 11.8 Å². The van der Waals surface area contributed by atoms with E-state index in [2.05, 4.69) is 16.0 Å². The van der Waals surface area contributed by atoms with Crippen LogP contribution in [0.5, 0.6) is 0 Å². The molecule has 2 aliphatic rings. The van der Waals surface area contributed by atoms with Crippen LogP contribution >= 0.6 is 0 Å². The Morgan fingerprint density at radius 3 is 3.00 bits per heavy atom. The minimum atomic E-state index is -0.542. The van der Waals surface area contributed by atoms with Gasteiger partial charge in [0.15, 0.2) is 0 Å². The standard InChI is InChI=1S/C14H16FN3O2/c15-8-1-2-10-11(6-13(19)18-12(10)5-8)14(20)17-9-3-4-16-7-9/h1-2,5,9,11,16H,3-4,6-7H2,(H,17,20)(H,18,19). The van der Waals surface area contributed by atoms with Gasteiger partial charge in [-0.05, 0) is 30.7 Å². The van der Waals surface area contributed by atoms with Crippen LogP contribution in [0.25, 0.3) is 0 Å². The molecule has 3 N–H and O–H groups in total. The maximum Gasteiger partial charge on any atom is 0.228 e. The highest BCUT2D eigenvalue weighted by Crippen LogP contribution is 2.32. The lowest BCUT2D eigenvalue weighted by atomic mass is 9.89. The number of nitrogens with one attached hydrogen (secondary N) is 3. The SMILES string of the molecule is O=C1CC(C(=O)NC2CCNC2)c2ccc(F)cc2N1. The molecule has 1 aromatic rings. The molecule has 0 aromatic heterocycles. The van der Waals surface area contributed by atoms with E-state index in [1.807, 2.05) is 0 Å². The summed E-state index contributed by atoms with van der Waals surface area (Å²) in [5.74, 6) is -1.39. The number of hydrogen-bond donors (Lipinski definition) is 3. The van der Waals surface area contributed by atoms with E-state index in [0.717, 1.165) is 19.5 Å². The smallest absolute Gasteiger partial charge is 0.228 e. The van der Waals surface area contributed by atoms with Gasteiger partial charge in [0, 0.05) is 24.7 Å². The summed E-state index contributed by atoms with van der Waals surface area (Å²) >= 11 is 0. The maximum atomic E-state index is 13.2. The molecule has 5 nitrogen and oxygen atoms in total. The molecule has 1 saturated heterocycles. The molecule has 2 aliphatic heterocycles. The topological polar surface area (TPSA) is 70.2 Å². The number of rotatable bonds is 2. The molecule has 2 heterocycles. The molecule has 2 amide bonds. The molecule has 0 saturated carbocycles. The molecule has 20 heavy (non-hydrogen) atoms. The van der Waals surface area contributed by atoms with E-state index in [1.165, 1.54) is 12.1 Å². The predicted octanol–water partition coefficient (Wildman–Crippen LogP) is 0.730. The van der Waals surface area contributed by atoms with Crippen molar-refractivity contribution in [3.63, 3.8) is 0 Å². The third kappa shape index (κ3) is 2.51. The van der Waals surface area contributed by atoms with Gasteiger partial charge in [-0.3, -0.25) is 9.59 Å². The zero-order valence-electron chi connectivity index (χ0n) is 10.9. The van der Waals surface area contributed by atoms with Crippen molar-refractivity contribution in [2.45, 2.75) is 24.8 Å². The zero-order valence-corrected chi connectivity index (χ0v) is 10.9. The van der Waals surface area contributed by atoms with Crippen molar-refractivity contribution in [2.24, 2.45) is 0 Å². The third-order valence-corrected chi connectivity index (χ3v) is 3.78. The van der Waals surface area contributed by atoms with Crippen LogP contribution in [0.2, 0.25) is 0 Å². The minimum absolute atomic E-state index is 0.102. The fourth-order valence-corrected chi connectivity index (χ4v) is 2.75. The van der Waals surface area contributed by atoms with Gasteiger partial charge in [-0.25, -0.2) is 4.39 Å². The number of benzene rings is 1. The van der Waals surface area contributed by atoms with Crippen molar-refractivity contribution in [3.05, 3.63) is 29.6 Å². The average Bonchev–Trinajstić information content (AvgIpc) is 2.90. The molecule has 0 bridgehead atoms. The summed E-state index contributed by atoms with van der Waals surface area (Å²) in [6, 6.07) is 4.25. The van der Waals surface area contributed by atoms with E-state index >= 15 is 0 Å². The highest BCUT2D eigenvalue weighted by atomic mass is 19.1. The number of carbonyl (C=O) groups excluding carboxylic acids is 2. The first-order valence-electron chi connectivity index (χ1n) is 6.74. The number of carbonyl (C=O) groups is 2. The second-order valence-corrected chi connectivity index (χ2v) is 5.23. The minimum Gasteiger partial charge on any atom is -0.351 e. The van der Waals surface area contributed by atoms with Gasteiger partial charge in [-0.15, -0.1) is 0 Å². The van der Waals surface area contributed by atoms with Crippen LogP contribution in [-0.2, 0) is 9.59 Å². The zero-order chi connectivity index (χ0) is 14.1. The molecule has 106 valence electrons. The highest BCUT2D eigenvalue weighted by molar-refractivity contribution is 6.01. The van der Waals surface area contributed by atoms with Crippen molar-refractivity contribution in [2.75, 3.05) is 18.4 Å². The van der Waals surface area contributed by atoms with Crippen molar-refractivity contribution in [3.8, 4) is 0 Å². The Morgan fingerprint density at radius 2 is 2.25 bits per heavy atom. The monoisotopic (exact) mass is 277 g/mol. The van der Waals surface area contributed by atoms with Gasteiger partial charge in [0.1, 0.15) is 5.82 Å². The Balaban J connectivity index is 1.82.